The normalized spacial score (nSPS) is 11.6. The second-order valence-electron chi connectivity index (χ2n) is 6.10. The van der Waals surface area contributed by atoms with Gasteiger partial charge in [-0.05, 0) is 30.2 Å². The van der Waals surface area contributed by atoms with Crippen LogP contribution in [0.5, 0.6) is 0 Å². The van der Waals surface area contributed by atoms with Gasteiger partial charge in [0.05, 0.1) is 8.07 Å². The molecule has 0 aliphatic heterocycles. The molecule has 1 nitrogen and oxygen atoms in total. The molecule has 2 rings (SSSR count). The zero-order chi connectivity index (χ0) is 14.0. The van der Waals surface area contributed by atoms with Crippen molar-refractivity contribution in [1.29, 1.82) is 0 Å². The van der Waals surface area contributed by atoms with Crippen molar-refractivity contribution in [3.63, 3.8) is 0 Å². The van der Waals surface area contributed by atoms with Gasteiger partial charge < -0.3 is 0 Å². The van der Waals surface area contributed by atoms with Crippen LogP contribution in [0.2, 0.25) is 19.6 Å². The zero-order valence-corrected chi connectivity index (χ0v) is 13.6. The molecule has 0 atom stereocenters. The lowest BCUT2D eigenvalue weighted by Gasteiger charge is -2.24. The lowest BCUT2D eigenvalue weighted by atomic mass is 10.0. The van der Waals surface area contributed by atoms with E-state index in [0.717, 1.165) is 12.1 Å². The Kier molecular flexibility index (Phi) is 3.90. The van der Waals surface area contributed by atoms with Gasteiger partial charge in [0.2, 0.25) is 0 Å². The summed E-state index contributed by atoms with van der Waals surface area (Å²) in [4.78, 5) is 4.76. The Morgan fingerprint density at radius 1 is 1.05 bits per heavy atom. The van der Waals surface area contributed by atoms with E-state index in [1.54, 1.807) is 0 Å². The van der Waals surface area contributed by atoms with E-state index in [1.807, 2.05) is 0 Å². The van der Waals surface area contributed by atoms with Crippen molar-refractivity contribution in [3.05, 3.63) is 47.8 Å². The molecule has 2 aromatic rings. The van der Waals surface area contributed by atoms with E-state index in [1.165, 1.54) is 22.0 Å². The van der Waals surface area contributed by atoms with Gasteiger partial charge in [-0.25, -0.2) is 0 Å². The number of pyridine rings is 1. The molecule has 1 aromatic carbocycles. The molecule has 1 aromatic heterocycles. The van der Waals surface area contributed by atoms with Crippen molar-refractivity contribution in [2.75, 3.05) is 0 Å². The van der Waals surface area contributed by atoms with Crippen molar-refractivity contribution in [1.82, 2.24) is 4.98 Å². The van der Waals surface area contributed by atoms with Crippen LogP contribution in [0, 0.1) is 6.92 Å². The molecule has 0 aliphatic carbocycles. The molecule has 19 heavy (non-hydrogen) atoms. The monoisotopic (exact) mass is 269 g/mol. The van der Waals surface area contributed by atoms with Crippen LogP contribution < -0.4 is 5.19 Å². The number of rotatable bonds is 3. The first-order valence-electron chi connectivity index (χ1n) is 7.00. The third kappa shape index (κ3) is 2.95. The molecule has 0 saturated heterocycles. The molecular formula is C17H23NSi. The van der Waals surface area contributed by atoms with Crippen molar-refractivity contribution in [3.8, 4) is 11.1 Å². The number of nitrogens with zero attached hydrogens (tertiary/aromatic N) is 1. The minimum Gasteiger partial charge on any atom is -0.258 e. The molecule has 100 valence electrons. The second kappa shape index (κ2) is 5.30. The van der Waals surface area contributed by atoms with Crippen LogP contribution in [-0.4, -0.2) is 13.1 Å². The first kappa shape index (κ1) is 14.0. The Morgan fingerprint density at radius 2 is 1.68 bits per heavy atom. The highest BCUT2D eigenvalue weighted by Crippen LogP contribution is 2.24. The van der Waals surface area contributed by atoms with Gasteiger partial charge in [0.15, 0.2) is 0 Å². The molecular weight excluding hydrogens is 246 g/mol. The van der Waals surface area contributed by atoms with Crippen LogP contribution in [0.1, 0.15) is 18.3 Å². The van der Waals surface area contributed by atoms with E-state index in [-0.39, 0.29) is 0 Å². The average Bonchev–Trinajstić information content (AvgIpc) is 2.37. The molecule has 0 fully saturated rings. The quantitative estimate of drug-likeness (QED) is 0.762. The Balaban J connectivity index is 2.76. The maximum atomic E-state index is 4.76. The summed E-state index contributed by atoms with van der Waals surface area (Å²) in [5.74, 6) is 0. The minimum absolute atomic E-state index is 0.989. The predicted octanol–water partition coefficient (Wildman–Crippen LogP) is 4.16. The largest absolute Gasteiger partial charge is 0.258 e. The number of aryl methyl sites for hydroxylation is 2. The summed E-state index contributed by atoms with van der Waals surface area (Å²) in [6, 6.07) is 13.0. The standard InChI is InChI=1S/C17H23NSi/c1-6-15-17(14-10-8-7-9-11-14)16(19(3,4)5)12-13(2)18-15/h7-12H,6H2,1-5H3. The van der Waals surface area contributed by atoms with Gasteiger partial charge >= 0.3 is 0 Å². The fraction of sp³-hybridized carbons (Fsp3) is 0.353. The molecule has 0 saturated carbocycles. The topological polar surface area (TPSA) is 12.9 Å². The van der Waals surface area contributed by atoms with Crippen molar-refractivity contribution < 1.29 is 0 Å². The van der Waals surface area contributed by atoms with Crippen LogP contribution >= 0.6 is 0 Å². The summed E-state index contributed by atoms with van der Waals surface area (Å²) in [6.07, 6.45) is 0.989. The molecule has 2 heteroatoms. The van der Waals surface area contributed by atoms with Gasteiger partial charge in [-0.15, -0.1) is 0 Å². The smallest absolute Gasteiger partial charge is 0.0785 e. The lowest BCUT2D eigenvalue weighted by molar-refractivity contribution is 1.01. The predicted molar refractivity (Wildman–Crippen MR) is 86.8 cm³/mol. The Morgan fingerprint density at radius 3 is 2.21 bits per heavy atom. The van der Waals surface area contributed by atoms with Gasteiger partial charge in [-0.2, -0.15) is 0 Å². The summed E-state index contributed by atoms with van der Waals surface area (Å²) < 4.78 is 0. The molecule has 0 unspecified atom stereocenters. The first-order chi connectivity index (χ1) is 8.93. The van der Waals surface area contributed by atoms with E-state index in [2.05, 4.69) is 69.9 Å². The maximum absolute atomic E-state index is 4.76. The van der Waals surface area contributed by atoms with E-state index >= 15 is 0 Å². The average molecular weight is 269 g/mol. The van der Waals surface area contributed by atoms with Gasteiger partial charge in [-0.3, -0.25) is 4.98 Å². The van der Waals surface area contributed by atoms with Crippen LogP contribution in [0.3, 0.4) is 0 Å². The number of aromatic nitrogens is 1. The summed E-state index contributed by atoms with van der Waals surface area (Å²) in [5.41, 5.74) is 5.08. The van der Waals surface area contributed by atoms with Crippen molar-refractivity contribution in [2.45, 2.75) is 39.9 Å². The highest BCUT2D eigenvalue weighted by atomic mass is 28.3. The summed E-state index contributed by atoms with van der Waals surface area (Å²) in [7, 11) is -1.38. The number of hydrogen-bond acceptors (Lipinski definition) is 1. The van der Waals surface area contributed by atoms with Crippen LogP contribution in [0.4, 0.5) is 0 Å². The highest BCUT2D eigenvalue weighted by molar-refractivity contribution is 6.89. The molecule has 0 N–H and O–H groups in total. The Bertz CT molecular complexity index is 568. The summed E-state index contributed by atoms with van der Waals surface area (Å²) >= 11 is 0. The molecule has 0 amide bonds. The maximum Gasteiger partial charge on any atom is 0.0785 e. The van der Waals surface area contributed by atoms with E-state index < -0.39 is 8.07 Å². The zero-order valence-electron chi connectivity index (χ0n) is 12.6. The van der Waals surface area contributed by atoms with Crippen LogP contribution in [0.25, 0.3) is 11.1 Å². The summed E-state index contributed by atoms with van der Waals surface area (Å²) in [5, 5.41) is 1.53. The van der Waals surface area contributed by atoms with E-state index in [4.69, 9.17) is 4.98 Å². The van der Waals surface area contributed by atoms with E-state index in [0.29, 0.717) is 0 Å². The van der Waals surface area contributed by atoms with Crippen LogP contribution in [-0.2, 0) is 6.42 Å². The molecule has 1 heterocycles. The third-order valence-corrected chi connectivity index (χ3v) is 5.44. The number of hydrogen-bond donors (Lipinski definition) is 0. The second-order valence-corrected chi connectivity index (χ2v) is 11.1. The van der Waals surface area contributed by atoms with Gasteiger partial charge in [-0.1, -0.05) is 56.9 Å². The van der Waals surface area contributed by atoms with Crippen molar-refractivity contribution >= 4 is 13.3 Å². The van der Waals surface area contributed by atoms with Gasteiger partial charge in [0, 0.05) is 17.0 Å². The molecule has 0 radical (unpaired) electrons. The number of benzene rings is 1. The lowest BCUT2D eigenvalue weighted by Crippen LogP contribution is -2.40. The van der Waals surface area contributed by atoms with Crippen molar-refractivity contribution in [2.24, 2.45) is 0 Å². The minimum atomic E-state index is -1.38. The fourth-order valence-electron chi connectivity index (χ4n) is 2.51. The van der Waals surface area contributed by atoms with E-state index in [9.17, 15) is 0 Å². The van der Waals surface area contributed by atoms with Crippen LogP contribution in [0.15, 0.2) is 36.4 Å². The molecule has 0 aliphatic rings. The van der Waals surface area contributed by atoms with Gasteiger partial charge in [0.1, 0.15) is 0 Å². The third-order valence-electron chi connectivity index (χ3n) is 3.43. The Hall–Kier alpha value is -1.41. The molecule has 0 spiro atoms. The summed E-state index contributed by atoms with van der Waals surface area (Å²) in [6.45, 7) is 11.5. The fourth-order valence-corrected chi connectivity index (χ4v) is 4.19. The highest BCUT2D eigenvalue weighted by Gasteiger charge is 2.23. The van der Waals surface area contributed by atoms with Gasteiger partial charge in [0.25, 0.3) is 0 Å². The Labute approximate surface area is 117 Å². The SMILES string of the molecule is CCc1nc(C)cc([Si](C)(C)C)c1-c1ccccc1. The molecule has 0 bridgehead atoms. The first-order valence-corrected chi connectivity index (χ1v) is 10.5.